The van der Waals surface area contributed by atoms with Crippen molar-refractivity contribution in [3.8, 4) is 0 Å². The van der Waals surface area contributed by atoms with Crippen LogP contribution in [0.4, 0.5) is 5.13 Å². The molecular formula is C23H23N3O4S3. The first-order chi connectivity index (χ1) is 15.9. The third-order valence-corrected chi connectivity index (χ3v) is 10.0. The number of aryl methyl sites for hydroxylation is 1. The molecule has 0 radical (unpaired) electrons. The summed E-state index contributed by atoms with van der Waals surface area (Å²) in [5.74, 6) is 0.337. The normalized spacial score (nSPS) is 17.4. The summed E-state index contributed by atoms with van der Waals surface area (Å²) in [7, 11) is -3.76. The minimum Gasteiger partial charge on any atom is -0.467 e. The highest BCUT2D eigenvalue weighted by Gasteiger charge is 2.41. The number of furan rings is 1. The molecule has 33 heavy (non-hydrogen) atoms. The van der Waals surface area contributed by atoms with Crippen LogP contribution in [0.15, 0.2) is 62.7 Å². The van der Waals surface area contributed by atoms with Gasteiger partial charge in [-0.25, -0.2) is 13.4 Å². The maximum absolute atomic E-state index is 13.9. The van der Waals surface area contributed by atoms with Gasteiger partial charge in [-0.15, -0.1) is 11.3 Å². The van der Waals surface area contributed by atoms with Crippen LogP contribution in [-0.2, 0) is 21.4 Å². The zero-order valence-corrected chi connectivity index (χ0v) is 20.5. The molecule has 1 unspecified atom stereocenters. The summed E-state index contributed by atoms with van der Waals surface area (Å²) in [5, 5.41) is 2.27. The van der Waals surface area contributed by atoms with Crippen molar-refractivity contribution in [3.63, 3.8) is 0 Å². The second kappa shape index (κ2) is 9.02. The number of carbonyl (C=O) groups is 1. The van der Waals surface area contributed by atoms with Crippen LogP contribution in [0.5, 0.6) is 0 Å². The Morgan fingerprint density at radius 1 is 1.24 bits per heavy atom. The molecule has 1 aromatic carbocycles. The fourth-order valence-electron chi connectivity index (χ4n) is 4.08. The number of carbonyl (C=O) groups excluding carboxylic acids is 1. The van der Waals surface area contributed by atoms with E-state index in [-0.39, 0.29) is 16.7 Å². The molecular weight excluding hydrogens is 478 g/mol. The van der Waals surface area contributed by atoms with Gasteiger partial charge in [-0.05, 0) is 61.0 Å². The fraction of sp³-hybridized carbons (Fsp3) is 0.304. The van der Waals surface area contributed by atoms with Crippen molar-refractivity contribution in [2.45, 2.75) is 43.0 Å². The predicted molar refractivity (Wildman–Crippen MR) is 130 cm³/mol. The van der Waals surface area contributed by atoms with Gasteiger partial charge in [-0.1, -0.05) is 29.9 Å². The van der Waals surface area contributed by atoms with E-state index in [9.17, 15) is 13.2 Å². The van der Waals surface area contributed by atoms with Gasteiger partial charge in [0.2, 0.25) is 5.91 Å². The lowest BCUT2D eigenvalue weighted by Crippen LogP contribution is -2.52. The monoisotopic (exact) mass is 501 g/mol. The van der Waals surface area contributed by atoms with Crippen LogP contribution in [0.2, 0.25) is 0 Å². The Kier molecular flexibility index (Phi) is 6.09. The van der Waals surface area contributed by atoms with Crippen molar-refractivity contribution in [1.29, 1.82) is 0 Å². The predicted octanol–water partition coefficient (Wildman–Crippen LogP) is 5.04. The van der Waals surface area contributed by atoms with Gasteiger partial charge in [0, 0.05) is 6.54 Å². The quantitative estimate of drug-likeness (QED) is 0.370. The summed E-state index contributed by atoms with van der Waals surface area (Å²) in [6.07, 6.45) is 3.56. The van der Waals surface area contributed by atoms with Crippen LogP contribution >= 0.6 is 22.7 Å². The van der Waals surface area contributed by atoms with Crippen molar-refractivity contribution in [2.24, 2.45) is 0 Å². The standard InChI is InChI=1S/C23H23N3O4S3/c1-16-9-10-18-20(14-16)32-23(24-18)25(15-17-6-4-12-30-17)22(27)19-7-2-3-11-26(19)33(28,29)21-8-5-13-31-21/h4-6,8-10,12-14,19H,2-3,7,11,15H2,1H3. The fourth-order valence-corrected chi connectivity index (χ4v) is 7.92. The van der Waals surface area contributed by atoms with Crippen LogP contribution in [0.1, 0.15) is 30.6 Å². The van der Waals surface area contributed by atoms with Gasteiger partial charge in [0.1, 0.15) is 16.0 Å². The van der Waals surface area contributed by atoms with E-state index in [1.165, 1.54) is 27.0 Å². The Morgan fingerprint density at radius 2 is 2.12 bits per heavy atom. The lowest BCUT2D eigenvalue weighted by atomic mass is 10.0. The molecule has 1 amide bonds. The molecule has 0 spiro atoms. The molecule has 0 aliphatic carbocycles. The highest BCUT2D eigenvalue weighted by atomic mass is 32.2. The Hall–Kier alpha value is -2.53. The van der Waals surface area contributed by atoms with Gasteiger partial charge >= 0.3 is 0 Å². The molecule has 1 atom stereocenters. The van der Waals surface area contributed by atoms with E-state index in [0.717, 1.165) is 28.6 Å². The number of benzene rings is 1. The molecule has 4 aromatic rings. The number of hydrogen-bond donors (Lipinski definition) is 0. The molecule has 1 aliphatic heterocycles. The van der Waals surface area contributed by atoms with E-state index in [1.807, 2.05) is 25.1 Å². The number of piperidine rings is 1. The summed E-state index contributed by atoms with van der Waals surface area (Å²) in [6, 6.07) is 12.1. The second-order valence-electron chi connectivity index (χ2n) is 8.03. The van der Waals surface area contributed by atoms with Crippen molar-refractivity contribution in [1.82, 2.24) is 9.29 Å². The van der Waals surface area contributed by atoms with Gasteiger partial charge in [-0.2, -0.15) is 4.31 Å². The molecule has 1 saturated heterocycles. The minimum absolute atomic E-state index is 0.189. The SMILES string of the molecule is Cc1ccc2nc(N(Cc3ccco3)C(=O)C3CCCCN3S(=O)(=O)c3cccs3)sc2c1. The summed E-state index contributed by atoms with van der Waals surface area (Å²) >= 11 is 2.60. The van der Waals surface area contributed by atoms with Gasteiger partial charge in [0.15, 0.2) is 5.13 Å². The molecule has 0 bridgehead atoms. The average Bonchev–Trinajstić information content (AvgIpc) is 3.58. The maximum atomic E-state index is 13.9. The Morgan fingerprint density at radius 3 is 2.88 bits per heavy atom. The van der Waals surface area contributed by atoms with Crippen molar-refractivity contribution >= 4 is 54.0 Å². The molecule has 0 N–H and O–H groups in total. The van der Waals surface area contributed by atoms with Gasteiger partial charge in [0.25, 0.3) is 10.0 Å². The van der Waals surface area contributed by atoms with E-state index in [4.69, 9.17) is 9.40 Å². The second-order valence-corrected chi connectivity index (χ2v) is 12.1. The Balaban J connectivity index is 1.53. The molecule has 172 valence electrons. The zero-order valence-electron chi connectivity index (χ0n) is 18.0. The van der Waals surface area contributed by atoms with Crippen molar-refractivity contribution in [3.05, 3.63) is 65.4 Å². The topological polar surface area (TPSA) is 83.7 Å². The molecule has 4 heterocycles. The zero-order chi connectivity index (χ0) is 23.0. The van der Waals surface area contributed by atoms with E-state index < -0.39 is 16.1 Å². The summed E-state index contributed by atoms with van der Waals surface area (Å²) in [6.45, 7) is 2.53. The molecule has 1 aliphatic rings. The maximum Gasteiger partial charge on any atom is 0.253 e. The molecule has 1 fully saturated rings. The number of thiazole rings is 1. The van der Waals surface area contributed by atoms with Crippen LogP contribution in [0, 0.1) is 6.92 Å². The number of amides is 1. The smallest absolute Gasteiger partial charge is 0.253 e. The number of thiophene rings is 1. The van der Waals surface area contributed by atoms with Gasteiger partial charge in [0.05, 0.1) is 23.0 Å². The van der Waals surface area contributed by atoms with Crippen LogP contribution in [0.3, 0.4) is 0 Å². The highest BCUT2D eigenvalue weighted by Crippen LogP contribution is 2.34. The number of fused-ring (bicyclic) bond motifs is 1. The molecule has 3 aromatic heterocycles. The van der Waals surface area contributed by atoms with Gasteiger partial charge in [-0.3, -0.25) is 9.69 Å². The first kappa shape index (κ1) is 22.3. The summed E-state index contributed by atoms with van der Waals surface area (Å²) in [4.78, 5) is 20.2. The Bertz CT molecular complexity index is 1360. The third-order valence-electron chi connectivity index (χ3n) is 5.72. The number of nitrogens with zero attached hydrogens (tertiary/aromatic N) is 3. The first-order valence-corrected chi connectivity index (χ1v) is 13.8. The number of aromatic nitrogens is 1. The molecule has 7 nitrogen and oxygen atoms in total. The van der Waals surface area contributed by atoms with Crippen LogP contribution in [0.25, 0.3) is 10.2 Å². The lowest BCUT2D eigenvalue weighted by molar-refractivity contribution is -0.123. The number of rotatable bonds is 6. The number of sulfonamides is 1. The van der Waals surface area contributed by atoms with Gasteiger partial charge < -0.3 is 4.42 Å². The summed E-state index contributed by atoms with van der Waals surface area (Å²) in [5.41, 5.74) is 1.92. The van der Waals surface area contributed by atoms with E-state index in [1.54, 1.807) is 40.8 Å². The lowest BCUT2D eigenvalue weighted by Gasteiger charge is -2.35. The van der Waals surface area contributed by atoms with Crippen molar-refractivity contribution < 1.29 is 17.6 Å². The molecule has 10 heteroatoms. The van der Waals surface area contributed by atoms with Crippen molar-refractivity contribution in [2.75, 3.05) is 11.4 Å². The number of hydrogen-bond acceptors (Lipinski definition) is 7. The molecule has 0 saturated carbocycles. The highest BCUT2D eigenvalue weighted by molar-refractivity contribution is 7.91. The number of anilines is 1. The van der Waals surface area contributed by atoms with Crippen LogP contribution < -0.4 is 4.90 Å². The van der Waals surface area contributed by atoms with E-state index >= 15 is 0 Å². The van der Waals surface area contributed by atoms with Crippen LogP contribution in [-0.4, -0.2) is 36.2 Å². The third kappa shape index (κ3) is 4.35. The summed E-state index contributed by atoms with van der Waals surface area (Å²) < 4.78 is 34.8. The Labute approximate surface area is 200 Å². The van der Waals surface area contributed by atoms with E-state index in [0.29, 0.717) is 23.9 Å². The van der Waals surface area contributed by atoms with E-state index in [2.05, 4.69) is 0 Å². The first-order valence-electron chi connectivity index (χ1n) is 10.7. The largest absolute Gasteiger partial charge is 0.467 e. The minimum atomic E-state index is -3.76. The molecule has 5 rings (SSSR count). The average molecular weight is 502 g/mol.